The molecule has 0 bridgehead atoms. The predicted molar refractivity (Wildman–Crippen MR) is 51.5 cm³/mol. The van der Waals surface area contributed by atoms with E-state index in [4.69, 9.17) is 6.42 Å². The third-order valence-electron chi connectivity index (χ3n) is 1.85. The zero-order chi connectivity index (χ0) is 9.97. The Kier molecular flexibility index (Phi) is 2.04. The van der Waals surface area contributed by atoms with Gasteiger partial charge in [-0.25, -0.2) is 9.07 Å². The maximum atomic E-state index is 13.3. The maximum absolute atomic E-state index is 13.3. The zero-order valence-electron chi connectivity index (χ0n) is 7.31. The lowest BCUT2D eigenvalue weighted by molar-refractivity contribution is 0.611. The molecule has 0 amide bonds. The fourth-order valence-electron chi connectivity index (χ4n) is 1.17. The van der Waals surface area contributed by atoms with E-state index in [1.54, 1.807) is 24.4 Å². The summed E-state index contributed by atoms with van der Waals surface area (Å²) in [6, 6.07) is 6.40. The van der Waals surface area contributed by atoms with Gasteiger partial charge in [-0.1, -0.05) is 18.1 Å². The van der Waals surface area contributed by atoms with Crippen molar-refractivity contribution in [3.63, 3.8) is 0 Å². The number of terminal acetylenes is 1. The first-order valence-corrected chi connectivity index (χ1v) is 4.07. The lowest BCUT2D eigenvalue weighted by Gasteiger charge is -2.00. The van der Waals surface area contributed by atoms with Crippen molar-refractivity contribution in [2.24, 2.45) is 0 Å². The number of hydrogen-bond acceptors (Lipinski definition) is 1. The summed E-state index contributed by atoms with van der Waals surface area (Å²) in [7, 11) is 0. The molecule has 0 aliphatic heterocycles. The smallest absolute Gasteiger partial charge is 0.148 e. The number of rotatable bonds is 1. The minimum absolute atomic E-state index is 0.320. The molecule has 0 atom stereocenters. The Balaban J connectivity index is 2.51. The molecule has 0 N–H and O–H groups in total. The topological polar surface area (TPSA) is 17.8 Å². The molecule has 0 aliphatic carbocycles. The van der Waals surface area contributed by atoms with Crippen molar-refractivity contribution in [3.05, 3.63) is 48.0 Å². The fourth-order valence-corrected chi connectivity index (χ4v) is 1.17. The number of para-hydroxylation sites is 1. The van der Waals surface area contributed by atoms with Gasteiger partial charge in [-0.2, -0.15) is 5.10 Å². The Morgan fingerprint density at radius 2 is 2.14 bits per heavy atom. The van der Waals surface area contributed by atoms with E-state index in [-0.39, 0.29) is 5.82 Å². The van der Waals surface area contributed by atoms with Crippen LogP contribution in [-0.2, 0) is 0 Å². The quantitative estimate of drug-likeness (QED) is 0.623. The zero-order valence-corrected chi connectivity index (χ0v) is 7.31. The van der Waals surface area contributed by atoms with Crippen molar-refractivity contribution < 1.29 is 4.39 Å². The van der Waals surface area contributed by atoms with Crippen molar-refractivity contribution in [1.29, 1.82) is 0 Å². The average molecular weight is 186 g/mol. The predicted octanol–water partition coefficient (Wildman–Crippen LogP) is 1.99. The molecular weight excluding hydrogens is 179 g/mol. The van der Waals surface area contributed by atoms with Crippen LogP contribution in [0.3, 0.4) is 0 Å². The van der Waals surface area contributed by atoms with Gasteiger partial charge in [-0.3, -0.25) is 0 Å². The van der Waals surface area contributed by atoms with Crippen LogP contribution in [0.25, 0.3) is 5.69 Å². The molecule has 0 fully saturated rings. The summed E-state index contributed by atoms with van der Waals surface area (Å²) in [6.07, 6.45) is 8.31. The molecule has 0 spiro atoms. The van der Waals surface area contributed by atoms with Gasteiger partial charge in [0, 0.05) is 6.20 Å². The summed E-state index contributed by atoms with van der Waals surface area (Å²) in [5.74, 6) is 2.11. The monoisotopic (exact) mass is 186 g/mol. The second kappa shape index (κ2) is 3.35. The number of halogens is 1. The van der Waals surface area contributed by atoms with Crippen molar-refractivity contribution in [1.82, 2.24) is 9.78 Å². The highest BCUT2D eigenvalue weighted by atomic mass is 19.1. The summed E-state index contributed by atoms with van der Waals surface area (Å²) >= 11 is 0. The Bertz CT molecular complexity index is 494. The Labute approximate surface area is 81.0 Å². The van der Waals surface area contributed by atoms with Crippen molar-refractivity contribution >= 4 is 0 Å². The molecular formula is C11H7FN2. The van der Waals surface area contributed by atoms with Crippen LogP contribution in [0.5, 0.6) is 0 Å². The second-order valence-corrected chi connectivity index (χ2v) is 2.77. The lowest BCUT2D eigenvalue weighted by atomic mass is 10.3. The molecule has 0 saturated carbocycles. The Morgan fingerprint density at radius 1 is 1.36 bits per heavy atom. The summed E-state index contributed by atoms with van der Waals surface area (Å²) in [5.41, 5.74) is 1.03. The second-order valence-electron chi connectivity index (χ2n) is 2.77. The van der Waals surface area contributed by atoms with Gasteiger partial charge in [0.25, 0.3) is 0 Å². The van der Waals surface area contributed by atoms with Crippen LogP contribution in [0.1, 0.15) is 5.56 Å². The van der Waals surface area contributed by atoms with E-state index < -0.39 is 0 Å². The van der Waals surface area contributed by atoms with E-state index >= 15 is 0 Å². The van der Waals surface area contributed by atoms with Gasteiger partial charge in [0.1, 0.15) is 11.5 Å². The lowest BCUT2D eigenvalue weighted by Crippen LogP contribution is -1.96. The van der Waals surface area contributed by atoms with Crippen LogP contribution in [-0.4, -0.2) is 9.78 Å². The minimum atomic E-state index is -0.320. The molecule has 1 aromatic carbocycles. The normalized spacial score (nSPS) is 9.71. The van der Waals surface area contributed by atoms with Crippen molar-refractivity contribution in [2.45, 2.75) is 0 Å². The van der Waals surface area contributed by atoms with E-state index in [2.05, 4.69) is 11.0 Å². The molecule has 3 heteroatoms. The number of nitrogens with zero attached hydrogens (tertiary/aromatic N) is 2. The number of aromatic nitrogens is 2. The molecule has 14 heavy (non-hydrogen) atoms. The molecule has 68 valence electrons. The first-order chi connectivity index (χ1) is 6.81. The van der Waals surface area contributed by atoms with Crippen LogP contribution in [0.4, 0.5) is 4.39 Å². The summed E-state index contributed by atoms with van der Waals surface area (Å²) in [4.78, 5) is 0. The average Bonchev–Trinajstić information content (AvgIpc) is 2.67. The molecule has 0 aliphatic rings. The standard InChI is InChI=1S/C11H7FN2/c1-2-9-7-13-14(8-9)11-6-4-3-5-10(11)12/h1,3-8H. The van der Waals surface area contributed by atoms with Crippen LogP contribution in [0.15, 0.2) is 36.7 Å². The minimum Gasteiger partial charge on any atom is -0.237 e. The van der Waals surface area contributed by atoms with Crippen LogP contribution in [0.2, 0.25) is 0 Å². The fraction of sp³-hybridized carbons (Fsp3) is 0. The molecule has 2 nitrogen and oxygen atoms in total. The van der Waals surface area contributed by atoms with Gasteiger partial charge in [0.15, 0.2) is 0 Å². The van der Waals surface area contributed by atoms with Gasteiger partial charge < -0.3 is 0 Å². The van der Waals surface area contributed by atoms with Gasteiger partial charge in [-0.05, 0) is 12.1 Å². The summed E-state index contributed by atoms with van der Waals surface area (Å²) in [6.45, 7) is 0. The summed E-state index contributed by atoms with van der Waals surface area (Å²) in [5, 5.41) is 3.95. The van der Waals surface area contributed by atoms with E-state index in [1.807, 2.05) is 0 Å². The maximum Gasteiger partial charge on any atom is 0.148 e. The van der Waals surface area contributed by atoms with E-state index in [0.29, 0.717) is 11.3 Å². The van der Waals surface area contributed by atoms with Crippen molar-refractivity contribution in [2.75, 3.05) is 0 Å². The molecule has 2 rings (SSSR count). The Hall–Kier alpha value is -2.08. The number of benzene rings is 1. The molecule has 0 unspecified atom stereocenters. The van der Waals surface area contributed by atoms with Gasteiger partial charge in [0.2, 0.25) is 0 Å². The van der Waals surface area contributed by atoms with Crippen LogP contribution in [0, 0.1) is 18.2 Å². The molecule has 1 heterocycles. The van der Waals surface area contributed by atoms with E-state index in [9.17, 15) is 4.39 Å². The van der Waals surface area contributed by atoms with Crippen LogP contribution < -0.4 is 0 Å². The molecule has 1 aromatic heterocycles. The highest BCUT2D eigenvalue weighted by molar-refractivity contribution is 5.35. The molecule has 0 saturated heterocycles. The first kappa shape index (κ1) is 8.52. The highest BCUT2D eigenvalue weighted by Gasteiger charge is 2.03. The van der Waals surface area contributed by atoms with Gasteiger partial charge in [-0.15, -0.1) is 6.42 Å². The first-order valence-electron chi connectivity index (χ1n) is 4.07. The van der Waals surface area contributed by atoms with E-state index in [0.717, 1.165) is 0 Å². The largest absolute Gasteiger partial charge is 0.237 e. The van der Waals surface area contributed by atoms with Gasteiger partial charge in [0.05, 0.1) is 11.8 Å². The Morgan fingerprint density at radius 3 is 2.79 bits per heavy atom. The van der Waals surface area contributed by atoms with E-state index in [1.165, 1.54) is 16.9 Å². The highest BCUT2D eigenvalue weighted by Crippen LogP contribution is 2.11. The van der Waals surface area contributed by atoms with Crippen molar-refractivity contribution in [3.8, 4) is 18.0 Å². The third-order valence-corrected chi connectivity index (χ3v) is 1.85. The van der Waals surface area contributed by atoms with Crippen LogP contribution >= 0.6 is 0 Å². The molecule has 2 aromatic rings. The summed E-state index contributed by atoms with van der Waals surface area (Å²) < 4.78 is 14.7. The van der Waals surface area contributed by atoms with Gasteiger partial charge >= 0.3 is 0 Å². The molecule has 0 radical (unpaired) electrons. The third kappa shape index (κ3) is 1.38. The SMILES string of the molecule is C#Cc1cnn(-c2ccccc2F)c1. The number of hydrogen-bond donors (Lipinski definition) is 0.